The number of amides is 2. The third-order valence-electron chi connectivity index (χ3n) is 3.61. The Morgan fingerprint density at radius 2 is 1.96 bits per heavy atom. The van der Waals surface area contributed by atoms with Crippen LogP contribution in [0.15, 0.2) is 46.3 Å². The lowest BCUT2D eigenvalue weighted by molar-refractivity contribution is -0.115. The molecule has 8 heteroatoms. The summed E-state index contributed by atoms with van der Waals surface area (Å²) in [5, 5.41) is 9.71. The van der Waals surface area contributed by atoms with Gasteiger partial charge in [-0.2, -0.15) is 0 Å². The number of thiazole rings is 1. The van der Waals surface area contributed by atoms with Gasteiger partial charge in [-0.1, -0.05) is 34.1 Å². The van der Waals surface area contributed by atoms with Crippen molar-refractivity contribution < 1.29 is 14.3 Å². The minimum absolute atomic E-state index is 0.114. The van der Waals surface area contributed by atoms with Crippen molar-refractivity contribution in [2.24, 2.45) is 0 Å². The van der Waals surface area contributed by atoms with Gasteiger partial charge in [0.05, 0.1) is 12.1 Å². The Kier molecular flexibility index (Phi) is 6.00. The Balaban J connectivity index is 1.60. The number of benzene rings is 2. The van der Waals surface area contributed by atoms with E-state index in [4.69, 9.17) is 4.74 Å². The normalized spacial score (nSPS) is 11.3. The topological polar surface area (TPSA) is 80.3 Å². The van der Waals surface area contributed by atoms with Crippen molar-refractivity contribution >= 4 is 60.9 Å². The number of rotatable bonds is 4. The van der Waals surface area contributed by atoms with Gasteiger partial charge in [-0.05, 0) is 49.7 Å². The quantitative estimate of drug-likeness (QED) is 0.530. The first-order chi connectivity index (χ1) is 13.2. The van der Waals surface area contributed by atoms with Gasteiger partial charge < -0.3 is 10.1 Å². The highest BCUT2D eigenvalue weighted by Crippen LogP contribution is 2.26. The average Bonchev–Trinajstić information content (AvgIpc) is 2.99. The third-order valence-corrected chi connectivity index (χ3v) is 5.11. The maximum absolute atomic E-state index is 12.3. The summed E-state index contributed by atoms with van der Waals surface area (Å²) < 4.78 is 6.20. The second kappa shape index (κ2) is 8.28. The second-order valence-corrected chi connectivity index (χ2v) is 8.88. The largest absolute Gasteiger partial charge is 0.444 e. The minimum atomic E-state index is -0.584. The fourth-order valence-electron chi connectivity index (χ4n) is 2.53. The maximum Gasteiger partial charge on any atom is 0.413 e. The summed E-state index contributed by atoms with van der Waals surface area (Å²) in [5.74, 6) is -0.177. The lowest BCUT2D eigenvalue weighted by Gasteiger charge is -2.18. The Labute approximate surface area is 175 Å². The second-order valence-electron chi connectivity index (χ2n) is 7.17. The van der Waals surface area contributed by atoms with Crippen LogP contribution in [0, 0.1) is 0 Å². The summed E-state index contributed by atoms with van der Waals surface area (Å²) in [5.41, 5.74) is 0.717. The van der Waals surface area contributed by atoms with Crippen LogP contribution >= 0.6 is 27.3 Å². The van der Waals surface area contributed by atoms with Gasteiger partial charge in [0.2, 0.25) is 5.91 Å². The molecule has 0 unspecified atom stereocenters. The third kappa shape index (κ3) is 5.53. The van der Waals surface area contributed by atoms with Gasteiger partial charge in [0, 0.05) is 15.5 Å². The highest BCUT2D eigenvalue weighted by molar-refractivity contribution is 9.10. The molecule has 2 amide bonds. The van der Waals surface area contributed by atoms with Gasteiger partial charge in [0.25, 0.3) is 0 Å². The van der Waals surface area contributed by atoms with E-state index in [1.807, 2.05) is 36.4 Å². The molecule has 28 heavy (non-hydrogen) atoms. The number of ether oxygens (including phenoxy) is 1. The molecule has 0 aliphatic rings. The Morgan fingerprint density at radius 1 is 1.18 bits per heavy atom. The zero-order valence-electron chi connectivity index (χ0n) is 15.7. The molecule has 1 heterocycles. The number of halogens is 1. The fraction of sp³-hybridized carbons (Fsp3) is 0.250. The van der Waals surface area contributed by atoms with E-state index in [0.29, 0.717) is 10.8 Å². The Morgan fingerprint density at radius 3 is 2.71 bits per heavy atom. The van der Waals surface area contributed by atoms with Crippen LogP contribution in [-0.4, -0.2) is 22.6 Å². The van der Waals surface area contributed by atoms with Crippen LogP contribution in [0.25, 0.3) is 10.8 Å². The molecule has 3 aromatic rings. The number of hydrogen-bond donors (Lipinski definition) is 2. The summed E-state index contributed by atoms with van der Waals surface area (Å²) in [7, 11) is 0. The first-order valence-electron chi connectivity index (χ1n) is 8.62. The first-order valence-corrected chi connectivity index (χ1v) is 10.3. The number of fused-ring (bicyclic) bond motifs is 1. The van der Waals surface area contributed by atoms with E-state index in [-0.39, 0.29) is 12.3 Å². The van der Waals surface area contributed by atoms with Crippen molar-refractivity contribution in [2.75, 3.05) is 10.6 Å². The fourth-order valence-corrected chi connectivity index (χ4v) is 3.74. The van der Waals surface area contributed by atoms with Crippen molar-refractivity contribution in [2.45, 2.75) is 32.8 Å². The average molecular weight is 462 g/mol. The van der Waals surface area contributed by atoms with E-state index >= 15 is 0 Å². The zero-order chi connectivity index (χ0) is 20.3. The van der Waals surface area contributed by atoms with Crippen molar-refractivity contribution in [1.29, 1.82) is 0 Å². The SMILES string of the molecule is CC(C)(C)OC(=O)Nc1nc(CC(=O)Nc2ccc3c(Br)cccc3c2)cs1. The van der Waals surface area contributed by atoms with Crippen molar-refractivity contribution in [3.05, 3.63) is 51.9 Å². The number of carbonyl (C=O) groups excluding carboxylic acids is 2. The molecular weight excluding hydrogens is 442 g/mol. The van der Waals surface area contributed by atoms with E-state index in [2.05, 4.69) is 31.5 Å². The molecule has 0 atom stereocenters. The van der Waals surface area contributed by atoms with Gasteiger partial charge >= 0.3 is 6.09 Å². The molecule has 0 saturated carbocycles. The highest BCUT2D eigenvalue weighted by Gasteiger charge is 2.17. The summed E-state index contributed by atoms with van der Waals surface area (Å²) in [4.78, 5) is 28.4. The highest BCUT2D eigenvalue weighted by atomic mass is 79.9. The summed E-state index contributed by atoms with van der Waals surface area (Å²) in [6.07, 6.45) is -0.455. The van der Waals surface area contributed by atoms with Gasteiger partial charge in [-0.15, -0.1) is 11.3 Å². The number of aromatic nitrogens is 1. The Hall–Kier alpha value is -2.45. The molecule has 0 saturated heterocycles. The molecule has 0 aliphatic carbocycles. The predicted octanol–water partition coefficient (Wildman–Crippen LogP) is 5.59. The van der Waals surface area contributed by atoms with Crippen LogP contribution < -0.4 is 10.6 Å². The molecule has 3 rings (SSSR count). The van der Waals surface area contributed by atoms with E-state index in [0.717, 1.165) is 20.9 Å². The van der Waals surface area contributed by atoms with Gasteiger partial charge in [0.1, 0.15) is 5.60 Å². The summed E-state index contributed by atoms with van der Waals surface area (Å²) in [6.45, 7) is 5.36. The van der Waals surface area contributed by atoms with Gasteiger partial charge in [0.15, 0.2) is 5.13 Å². The smallest absolute Gasteiger partial charge is 0.413 e. The lowest BCUT2D eigenvalue weighted by Crippen LogP contribution is -2.27. The molecule has 0 spiro atoms. The molecule has 2 aromatic carbocycles. The zero-order valence-corrected chi connectivity index (χ0v) is 18.1. The van der Waals surface area contributed by atoms with Crippen LogP contribution in [0.2, 0.25) is 0 Å². The molecule has 0 radical (unpaired) electrons. The molecule has 146 valence electrons. The number of nitrogens with zero attached hydrogens (tertiary/aromatic N) is 1. The van der Waals surface area contributed by atoms with Crippen LogP contribution in [0.3, 0.4) is 0 Å². The van der Waals surface area contributed by atoms with Crippen molar-refractivity contribution in [3.8, 4) is 0 Å². The van der Waals surface area contributed by atoms with Crippen LogP contribution in [0.1, 0.15) is 26.5 Å². The molecule has 1 aromatic heterocycles. The molecule has 6 nitrogen and oxygen atoms in total. The predicted molar refractivity (Wildman–Crippen MR) is 116 cm³/mol. The first kappa shape index (κ1) is 20.3. The molecular formula is C20H20BrN3O3S. The van der Waals surface area contributed by atoms with Gasteiger partial charge in [-0.25, -0.2) is 9.78 Å². The molecule has 2 N–H and O–H groups in total. The summed E-state index contributed by atoms with van der Waals surface area (Å²) in [6, 6.07) is 11.7. The standard InChI is InChI=1S/C20H20BrN3O3S/c1-20(2,3)27-19(26)24-18-23-14(11-28-18)10-17(25)22-13-7-8-15-12(9-13)5-4-6-16(15)21/h4-9,11H,10H2,1-3H3,(H,22,25)(H,23,24,26). The maximum atomic E-state index is 12.3. The van der Waals surface area contributed by atoms with Gasteiger partial charge in [-0.3, -0.25) is 10.1 Å². The van der Waals surface area contributed by atoms with E-state index in [9.17, 15) is 9.59 Å². The number of anilines is 2. The summed E-state index contributed by atoms with van der Waals surface area (Å²) >= 11 is 4.77. The van der Waals surface area contributed by atoms with E-state index < -0.39 is 11.7 Å². The lowest BCUT2D eigenvalue weighted by atomic mass is 10.1. The van der Waals surface area contributed by atoms with Crippen LogP contribution in [-0.2, 0) is 16.0 Å². The number of hydrogen-bond acceptors (Lipinski definition) is 5. The van der Waals surface area contributed by atoms with Crippen LogP contribution in [0.5, 0.6) is 0 Å². The monoisotopic (exact) mass is 461 g/mol. The molecule has 0 bridgehead atoms. The number of nitrogens with one attached hydrogen (secondary N) is 2. The van der Waals surface area contributed by atoms with E-state index in [1.54, 1.807) is 26.2 Å². The van der Waals surface area contributed by atoms with E-state index in [1.165, 1.54) is 11.3 Å². The molecule has 0 aliphatic heterocycles. The van der Waals surface area contributed by atoms with Crippen LogP contribution in [0.4, 0.5) is 15.6 Å². The molecule has 0 fully saturated rings. The number of carbonyl (C=O) groups is 2. The Bertz CT molecular complexity index is 1030. The van der Waals surface area contributed by atoms with Crippen molar-refractivity contribution in [3.63, 3.8) is 0 Å². The van der Waals surface area contributed by atoms with Crippen molar-refractivity contribution in [1.82, 2.24) is 4.98 Å². The minimum Gasteiger partial charge on any atom is -0.444 e.